The van der Waals surface area contributed by atoms with Gasteiger partial charge in [-0.05, 0) is 25.1 Å². The number of benzene rings is 1. The second kappa shape index (κ2) is 6.76. The summed E-state index contributed by atoms with van der Waals surface area (Å²) in [4.78, 5) is 0. The summed E-state index contributed by atoms with van der Waals surface area (Å²) in [5, 5.41) is 0.736. The van der Waals surface area contributed by atoms with Gasteiger partial charge in [0.2, 0.25) is 0 Å². The van der Waals surface area contributed by atoms with Crippen LogP contribution in [0.15, 0.2) is 24.3 Å². The maximum absolute atomic E-state index is 5.71. The van der Waals surface area contributed by atoms with Gasteiger partial charge in [-0.15, -0.1) is 5.92 Å². The molecule has 1 aromatic rings. The monoisotopic (exact) mass is 180 g/mol. The Kier molecular flexibility index (Phi) is 6.24. The summed E-state index contributed by atoms with van der Waals surface area (Å²) in [5.41, 5.74) is 0.968. The van der Waals surface area contributed by atoms with Crippen molar-refractivity contribution in [3.63, 3.8) is 0 Å². The first-order chi connectivity index (χ1) is 5.83. The van der Waals surface area contributed by atoms with Gasteiger partial charge in [-0.25, -0.2) is 0 Å². The molecule has 0 fully saturated rings. The first-order valence-electron chi connectivity index (χ1n) is 4.01. The van der Waals surface area contributed by atoms with Crippen molar-refractivity contribution >= 4 is 11.6 Å². The van der Waals surface area contributed by atoms with E-state index in [2.05, 4.69) is 11.8 Å². The molecule has 0 spiro atoms. The highest BCUT2D eigenvalue weighted by Crippen LogP contribution is 2.08. The van der Waals surface area contributed by atoms with Crippen molar-refractivity contribution in [1.29, 1.82) is 0 Å². The van der Waals surface area contributed by atoms with Crippen molar-refractivity contribution in [2.24, 2.45) is 0 Å². The lowest BCUT2D eigenvalue weighted by atomic mass is 10.2. The highest BCUT2D eigenvalue weighted by Gasteiger charge is 1.86. The zero-order valence-corrected chi connectivity index (χ0v) is 8.44. The molecule has 0 nitrogen and oxygen atoms in total. The van der Waals surface area contributed by atoms with Crippen LogP contribution in [0.1, 0.15) is 26.3 Å². The molecule has 0 unspecified atom stereocenters. The molecule has 0 N–H and O–H groups in total. The molecule has 0 aromatic heterocycles. The maximum Gasteiger partial charge on any atom is 0.0418 e. The standard InChI is InChI=1S/C9H7Cl.C2H6/c1-2-4-8-5-3-6-9(10)7-8;1-2/h3,5-7H,1H3;1-2H3. The van der Waals surface area contributed by atoms with E-state index in [1.54, 1.807) is 6.92 Å². The fourth-order valence-electron chi connectivity index (χ4n) is 0.711. The second-order valence-corrected chi connectivity index (χ2v) is 2.32. The van der Waals surface area contributed by atoms with Crippen molar-refractivity contribution in [3.05, 3.63) is 34.9 Å². The van der Waals surface area contributed by atoms with Crippen LogP contribution in [-0.4, -0.2) is 0 Å². The van der Waals surface area contributed by atoms with Crippen LogP contribution < -0.4 is 0 Å². The Morgan fingerprint density at radius 3 is 2.42 bits per heavy atom. The molecular formula is C11H13Cl. The van der Waals surface area contributed by atoms with E-state index in [4.69, 9.17) is 11.6 Å². The quantitative estimate of drug-likeness (QED) is 0.534. The van der Waals surface area contributed by atoms with Crippen molar-refractivity contribution in [2.75, 3.05) is 0 Å². The molecule has 1 aromatic carbocycles. The van der Waals surface area contributed by atoms with Gasteiger partial charge in [0, 0.05) is 10.6 Å². The molecule has 0 heterocycles. The van der Waals surface area contributed by atoms with Crippen LogP contribution >= 0.6 is 11.6 Å². The molecule has 0 aliphatic carbocycles. The third-order valence-corrected chi connectivity index (χ3v) is 1.33. The van der Waals surface area contributed by atoms with Crippen LogP contribution in [0.5, 0.6) is 0 Å². The Labute approximate surface area is 79.6 Å². The highest BCUT2D eigenvalue weighted by atomic mass is 35.5. The number of hydrogen-bond donors (Lipinski definition) is 0. The molecule has 0 saturated heterocycles. The van der Waals surface area contributed by atoms with Crippen molar-refractivity contribution in [1.82, 2.24) is 0 Å². The third-order valence-electron chi connectivity index (χ3n) is 1.09. The fourth-order valence-corrected chi connectivity index (χ4v) is 0.901. The average Bonchev–Trinajstić information content (AvgIpc) is 2.09. The molecule has 0 saturated carbocycles. The minimum Gasteiger partial charge on any atom is -0.101 e. The first-order valence-corrected chi connectivity index (χ1v) is 4.39. The Morgan fingerprint density at radius 1 is 1.25 bits per heavy atom. The largest absolute Gasteiger partial charge is 0.101 e. The topological polar surface area (TPSA) is 0 Å². The summed E-state index contributed by atoms with van der Waals surface area (Å²) >= 11 is 5.71. The number of hydrogen-bond acceptors (Lipinski definition) is 0. The van der Waals surface area contributed by atoms with E-state index >= 15 is 0 Å². The number of rotatable bonds is 0. The van der Waals surface area contributed by atoms with Crippen LogP contribution in [0.25, 0.3) is 0 Å². The zero-order valence-electron chi connectivity index (χ0n) is 7.69. The Morgan fingerprint density at radius 2 is 1.92 bits per heavy atom. The third kappa shape index (κ3) is 4.05. The SMILES string of the molecule is CC.CC#Cc1cccc(Cl)c1. The van der Waals surface area contributed by atoms with E-state index < -0.39 is 0 Å². The summed E-state index contributed by atoms with van der Waals surface area (Å²) < 4.78 is 0. The normalized spacial score (nSPS) is 7.33. The van der Waals surface area contributed by atoms with E-state index in [0.717, 1.165) is 10.6 Å². The van der Waals surface area contributed by atoms with Crippen molar-refractivity contribution < 1.29 is 0 Å². The van der Waals surface area contributed by atoms with Crippen molar-refractivity contribution in [3.8, 4) is 11.8 Å². The van der Waals surface area contributed by atoms with E-state index in [1.165, 1.54) is 0 Å². The Hall–Kier alpha value is -0.930. The van der Waals surface area contributed by atoms with E-state index in [0.29, 0.717) is 0 Å². The summed E-state index contributed by atoms with van der Waals surface area (Å²) in [6.07, 6.45) is 0. The summed E-state index contributed by atoms with van der Waals surface area (Å²) in [7, 11) is 0. The molecule has 0 radical (unpaired) electrons. The van der Waals surface area contributed by atoms with Gasteiger partial charge < -0.3 is 0 Å². The Bertz CT molecular complexity index is 279. The molecular weight excluding hydrogens is 168 g/mol. The maximum atomic E-state index is 5.71. The molecule has 12 heavy (non-hydrogen) atoms. The van der Waals surface area contributed by atoms with Gasteiger partial charge in [-0.2, -0.15) is 0 Å². The lowest BCUT2D eigenvalue weighted by Crippen LogP contribution is -1.70. The van der Waals surface area contributed by atoms with Crippen LogP contribution in [-0.2, 0) is 0 Å². The van der Waals surface area contributed by atoms with Gasteiger partial charge in [-0.1, -0.05) is 37.4 Å². The van der Waals surface area contributed by atoms with Gasteiger partial charge in [-0.3, -0.25) is 0 Å². The minimum atomic E-state index is 0.736. The first kappa shape index (κ1) is 11.1. The van der Waals surface area contributed by atoms with E-state index in [9.17, 15) is 0 Å². The van der Waals surface area contributed by atoms with Gasteiger partial charge in [0.05, 0.1) is 0 Å². The molecule has 0 atom stereocenters. The molecule has 0 aliphatic heterocycles. The molecule has 0 bridgehead atoms. The van der Waals surface area contributed by atoms with Crippen LogP contribution in [0.2, 0.25) is 5.02 Å². The average molecular weight is 181 g/mol. The molecule has 64 valence electrons. The number of halogens is 1. The Balaban J connectivity index is 0.000000561. The van der Waals surface area contributed by atoms with Crippen LogP contribution in [0.3, 0.4) is 0 Å². The van der Waals surface area contributed by atoms with E-state index in [1.807, 2.05) is 38.1 Å². The smallest absolute Gasteiger partial charge is 0.0418 e. The van der Waals surface area contributed by atoms with Crippen LogP contribution in [0, 0.1) is 11.8 Å². The molecule has 0 aliphatic rings. The molecule has 0 amide bonds. The lowest BCUT2D eigenvalue weighted by molar-refractivity contribution is 1.50. The predicted molar refractivity (Wildman–Crippen MR) is 55.4 cm³/mol. The summed E-state index contributed by atoms with van der Waals surface area (Å²) in [5.74, 6) is 5.72. The van der Waals surface area contributed by atoms with E-state index in [-0.39, 0.29) is 0 Å². The van der Waals surface area contributed by atoms with Gasteiger partial charge in [0.1, 0.15) is 0 Å². The van der Waals surface area contributed by atoms with Gasteiger partial charge in [0.25, 0.3) is 0 Å². The second-order valence-electron chi connectivity index (χ2n) is 1.89. The minimum absolute atomic E-state index is 0.736. The molecule has 1 heteroatoms. The van der Waals surface area contributed by atoms with Gasteiger partial charge in [0.15, 0.2) is 0 Å². The fraction of sp³-hybridized carbons (Fsp3) is 0.273. The zero-order chi connectivity index (χ0) is 9.40. The molecule has 1 rings (SSSR count). The van der Waals surface area contributed by atoms with Crippen molar-refractivity contribution in [2.45, 2.75) is 20.8 Å². The predicted octanol–water partition coefficient (Wildman–Crippen LogP) is 3.74. The lowest BCUT2D eigenvalue weighted by Gasteiger charge is -1.88. The van der Waals surface area contributed by atoms with Gasteiger partial charge >= 0.3 is 0 Å². The summed E-state index contributed by atoms with van der Waals surface area (Å²) in [6, 6.07) is 7.50. The highest BCUT2D eigenvalue weighted by molar-refractivity contribution is 6.30. The van der Waals surface area contributed by atoms with Crippen LogP contribution in [0.4, 0.5) is 0 Å². The summed E-state index contributed by atoms with van der Waals surface area (Å²) in [6.45, 7) is 5.81.